The van der Waals surface area contributed by atoms with Crippen molar-refractivity contribution in [3.63, 3.8) is 0 Å². The molecule has 93 valence electrons. The highest BCUT2D eigenvalue weighted by Gasteiger charge is 2.23. The summed E-state index contributed by atoms with van der Waals surface area (Å²) in [5.74, 6) is -0.201. The molecule has 1 fully saturated rings. The molecule has 2 rings (SSSR count). The van der Waals surface area contributed by atoms with Gasteiger partial charge in [0.2, 0.25) is 0 Å². The number of rotatable bonds is 3. The predicted octanol–water partition coefficient (Wildman–Crippen LogP) is 1.38. The minimum Gasteiger partial charge on any atom is -0.496 e. The monoisotopic (exact) mass is 245 g/mol. The molecule has 0 aromatic heterocycles. The van der Waals surface area contributed by atoms with Gasteiger partial charge in [0.05, 0.1) is 19.8 Å². The Bertz CT molecular complexity index is 516. The fourth-order valence-electron chi connectivity index (χ4n) is 1.81. The number of hydrogen-bond donors (Lipinski definition) is 0. The smallest absolute Gasteiger partial charge is 0.343 e. The lowest BCUT2D eigenvalue weighted by Gasteiger charge is -2.33. The molecule has 1 aromatic carbocycles. The van der Waals surface area contributed by atoms with Gasteiger partial charge in [-0.15, -0.1) is 0 Å². The van der Waals surface area contributed by atoms with Crippen LogP contribution < -0.4 is 9.64 Å². The third-order valence-electron chi connectivity index (χ3n) is 2.88. The molecule has 5 nitrogen and oxygen atoms in total. The maximum atomic E-state index is 11.7. The van der Waals surface area contributed by atoms with Crippen LogP contribution in [0.25, 0.3) is 0 Å². The fourth-order valence-corrected chi connectivity index (χ4v) is 1.81. The molecule has 1 aliphatic rings. The van der Waals surface area contributed by atoms with Crippen molar-refractivity contribution in [3.05, 3.63) is 29.7 Å². The van der Waals surface area contributed by atoms with Gasteiger partial charge in [0.25, 0.3) is 0 Å². The SMILES string of the molecule is COC(=O)c1c(C#N)cc(N2C[CH]C2)cc1OC. The summed E-state index contributed by atoms with van der Waals surface area (Å²) in [7, 11) is 2.75. The second-order valence-electron chi connectivity index (χ2n) is 3.87. The van der Waals surface area contributed by atoms with Crippen LogP contribution in [0.3, 0.4) is 0 Å². The van der Waals surface area contributed by atoms with E-state index in [4.69, 9.17) is 10.00 Å². The Morgan fingerprint density at radius 2 is 2.11 bits per heavy atom. The summed E-state index contributed by atoms with van der Waals surface area (Å²) in [5, 5.41) is 9.14. The molecule has 0 unspecified atom stereocenters. The second kappa shape index (κ2) is 4.96. The van der Waals surface area contributed by atoms with E-state index >= 15 is 0 Å². The first-order valence-electron chi connectivity index (χ1n) is 5.48. The molecular formula is C13H13N2O3. The molecular weight excluding hydrogens is 232 g/mol. The number of esters is 1. The van der Waals surface area contributed by atoms with E-state index in [-0.39, 0.29) is 11.1 Å². The van der Waals surface area contributed by atoms with E-state index < -0.39 is 5.97 Å². The lowest BCUT2D eigenvalue weighted by Crippen LogP contribution is -2.37. The Hall–Kier alpha value is -2.22. The molecule has 1 heterocycles. The van der Waals surface area contributed by atoms with Crippen LogP contribution in [0.1, 0.15) is 15.9 Å². The lowest BCUT2D eigenvalue weighted by atomic mass is 10.0. The van der Waals surface area contributed by atoms with Gasteiger partial charge < -0.3 is 14.4 Å². The number of methoxy groups -OCH3 is 2. The zero-order chi connectivity index (χ0) is 13.1. The second-order valence-corrected chi connectivity index (χ2v) is 3.87. The maximum absolute atomic E-state index is 11.7. The highest BCUT2D eigenvalue weighted by Crippen LogP contribution is 2.31. The first-order chi connectivity index (χ1) is 8.71. The van der Waals surface area contributed by atoms with Crippen molar-refractivity contribution in [2.45, 2.75) is 0 Å². The number of ether oxygens (including phenoxy) is 2. The van der Waals surface area contributed by atoms with Gasteiger partial charge in [-0.1, -0.05) is 0 Å². The highest BCUT2D eigenvalue weighted by molar-refractivity contribution is 5.96. The van der Waals surface area contributed by atoms with Gasteiger partial charge in [-0.2, -0.15) is 5.26 Å². The summed E-state index contributed by atoms with van der Waals surface area (Å²) >= 11 is 0. The Kier molecular flexibility index (Phi) is 3.38. The average Bonchev–Trinajstić information content (AvgIpc) is 2.34. The molecule has 1 aromatic rings. The molecule has 0 N–H and O–H groups in total. The van der Waals surface area contributed by atoms with Crippen LogP contribution >= 0.6 is 0 Å². The summed E-state index contributed by atoms with van der Waals surface area (Å²) in [6.45, 7) is 1.68. The van der Waals surface area contributed by atoms with Crippen molar-refractivity contribution in [2.75, 3.05) is 32.2 Å². The van der Waals surface area contributed by atoms with E-state index in [1.807, 2.05) is 6.07 Å². The molecule has 0 amide bonds. The Balaban J connectivity index is 2.52. The molecule has 1 saturated heterocycles. The van der Waals surface area contributed by atoms with E-state index in [0.717, 1.165) is 18.8 Å². The zero-order valence-corrected chi connectivity index (χ0v) is 10.3. The van der Waals surface area contributed by atoms with Crippen molar-refractivity contribution < 1.29 is 14.3 Å². The molecule has 18 heavy (non-hydrogen) atoms. The van der Waals surface area contributed by atoms with Gasteiger partial charge >= 0.3 is 5.97 Å². The van der Waals surface area contributed by atoms with Crippen LogP contribution in [0.4, 0.5) is 5.69 Å². The summed E-state index contributed by atoms with van der Waals surface area (Å²) in [6, 6.07) is 5.44. The van der Waals surface area contributed by atoms with Crippen LogP contribution in [0.2, 0.25) is 0 Å². The fraction of sp³-hybridized carbons (Fsp3) is 0.308. The topological polar surface area (TPSA) is 62.6 Å². The average molecular weight is 245 g/mol. The van der Waals surface area contributed by atoms with Crippen LogP contribution in [0, 0.1) is 17.8 Å². The third-order valence-corrected chi connectivity index (χ3v) is 2.88. The Morgan fingerprint density at radius 3 is 2.56 bits per heavy atom. The van der Waals surface area contributed by atoms with Crippen LogP contribution in [-0.2, 0) is 4.74 Å². The van der Waals surface area contributed by atoms with E-state index in [9.17, 15) is 4.79 Å². The van der Waals surface area contributed by atoms with Crippen molar-refractivity contribution in [2.24, 2.45) is 0 Å². The van der Waals surface area contributed by atoms with E-state index in [0.29, 0.717) is 5.75 Å². The number of benzene rings is 1. The number of carbonyl (C=O) groups is 1. The number of anilines is 1. The normalized spacial score (nSPS) is 13.5. The summed E-state index contributed by atoms with van der Waals surface area (Å²) in [6.07, 6.45) is 2.12. The van der Waals surface area contributed by atoms with Gasteiger partial charge in [0.15, 0.2) is 0 Å². The van der Waals surface area contributed by atoms with Gasteiger partial charge in [0.1, 0.15) is 17.4 Å². The Morgan fingerprint density at radius 1 is 1.39 bits per heavy atom. The molecule has 0 atom stereocenters. The number of nitrogens with zero attached hydrogens (tertiary/aromatic N) is 2. The molecule has 0 aliphatic carbocycles. The molecule has 5 heteroatoms. The third kappa shape index (κ3) is 1.97. The predicted molar refractivity (Wildman–Crippen MR) is 65.6 cm³/mol. The summed E-state index contributed by atoms with van der Waals surface area (Å²) in [4.78, 5) is 13.7. The minimum absolute atomic E-state index is 0.177. The molecule has 0 bridgehead atoms. The highest BCUT2D eigenvalue weighted by atomic mass is 16.5. The largest absolute Gasteiger partial charge is 0.496 e. The number of nitriles is 1. The Labute approximate surface area is 106 Å². The molecule has 1 aliphatic heterocycles. The maximum Gasteiger partial charge on any atom is 0.343 e. The summed E-state index contributed by atoms with van der Waals surface area (Å²) < 4.78 is 9.85. The van der Waals surface area contributed by atoms with Crippen molar-refractivity contribution in [1.29, 1.82) is 5.26 Å². The molecule has 0 spiro atoms. The van der Waals surface area contributed by atoms with E-state index in [1.165, 1.54) is 14.2 Å². The van der Waals surface area contributed by atoms with Crippen molar-refractivity contribution in [1.82, 2.24) is 0 Å². The van der Waals surface area contributed by atoms with Crippen molar-refractivity contribution >= 4 is 11.7 Å². The van der Waals surface area contributed by atoms with Crippen LogP contribution in [0.15, 0.2) is 12.1 Å². The first kappa shape index (κ1) is 12.2. The quantitative estimate of drug-likeness (QED) is 0.753. The first-order valence-corrected chi connectivity index (χ1v) is 5.48. The minimum atomic E-state index is -0.565. The lowest BCUT2D eigenvalue weighted by molar-refractivity contribution is 0.0597. The zero-order valence-electron chi connectivity index (χ0n) is 10.3. The number of carbonyl (C=O) groups excluding carboxylic acids is 1. The van der Waals surface area contributed by atoms with Crippen molar-refractivity contribution in [3.8, 4) is 11.8 Å². The van der Waals surface area contributed by atoms with Gasteiger partial charge in [-0.3, -0.25) is 0 Å². The van der Waals surface area contributed by atoms with Gasteiger partial charge in [0, 0.05) is 31.3 Å². The van der Waals surface area contributed by atoms with E-state index in [1.54, 1.807) is 12.1 Å². The molecule has 1 radical (unpaired) electrons. The number of hydrogen-bond acceptors (Lipinski definition) is 5. The van der Waals surface area contributed by atoms with E-state index in [2.05, 4.69) is 16.1 Å². The van der Waals surface area contributed by atoms with Crippen LogP contribution in [-0.4, -0.2) is 33.3 Å². The van der Waals surface area contributed by atoms with Gasteiger partial charge in [-0.05, 0) is 6.07 Å². The van der Waals surface area contributed by atoms with Crippen LogP contribution in [0.5, 0.6) is 5.75 Å². The summed E-state index contributed by atoms with van der Waals surface area (Å²) in [5.41, 5.74) is 1.32. The molecule has 0 saturated carbocycles. The van der Waals surface area contributed by atoms with Gasteiger partial charge in [-0.25, -0.2) is 4.79 Å². The standard InChI is InChI=1S/C13H13N2O3/c1-17-11-7-10(15-4-3-5-15)6-9(8-14)12(11)13(16)18-2/h3,6-7H,4-5H2,1-2H3.